The van der Waals surface area contributed by atoms with Gasteiger partial charge in [0.1, 0.15) is 0 Å². The first-order valence-corrected chi connectivity index (χ1v) is 11.0. The van der Waals surface area contributed by atoms with Crippen LogP contribution in [-0.4, -0.2) is 41.2 Å². The Morgan fingerprint density at radius 3 is 2.57 bits per heavy atom. The first-order valence-electron chi connectivity index (χ1n) is 10.2. The molecule has 0 aliphatic rings. The van der Waals surface area contributed by atoms with Crippen LogP contribution in [0.25, 0.3) is 11.3 Å². The number of likely N-dealkylation sites (N-methyl/N-ethyl adjacent to an activating group) is 1. The summed E-state index contributed by atoms with van der Waals surface area (Å²) in [5.74, 6) is -0.0858. The Morgan fingerprint density at radius 1 is 1.17 bits per heavy atom. The molecule has 0 radical (unpaired) electrons. The molecule has 0 saturated heterocycles. The summed E-state index contributed by atoms with van der Waals surface area (Å²) in [5.41, 5.74) is 2.07. The van der Waals surface area contributed by atoms with E-state index in [1.54, 1.807) is 29.5 Å². The maximum Gasteiger partial charge on any atom is 0.266 e. The number of carbonyl (C=O) groups is 1. The third-order valence-corrected chi connectivity index (χ3v) is 5.82. The van der Waals surface area contributed by atoms with E-state index in [0.717, 1.165) is 24.9 Å². The quantitative estimate of drug-likeness (QED) is 0.567. The number of thiophene rings is 1. The molecule has 158 valence electrons. The van der Waals surface area contributed by atoms with E-state index in [1.165, 1.54) is 15.6 Å². The second kappa shape index (κ2) is 10.3. The second-order valence-electron chi connectivity index (χ2n) is 7.49. The molecule has 3 rings (SSSR count). The van der Waals surface area contributed by atoms with Gasteiger partial charge in [0.15, 0.2) is 0 Å². The number of nitrogens with zero attached hydrogens (tertiary/aromatic N) is 3. The van der Waals surface area contributed by atoms with Crippen LogP contribution in [0.15, 0.2) is 58.7 Å². The highest BCUT2D eigenvalue weighted by Crippen LogP contribution is 2.24. The summed E-state index contributed by atoms with van der Waals surface area (Å²) in [4.78, 5) is 28.0. The Kier molecular flexibility index (Phi) is 7.54. The summed E-state index contributed by atoms with van der Waals surface area (Å²) in [6.07, 6.45) is 1.90. The number of hydrogen-bond acceptors (Lipinski definition) is 5. The number of carbonyl (C=O) groups excluding carboxylic acids is 1. The number of aromatic nitrogens is 2. The Labute approximate surface area is 181 Å². The normalized spacial score (nSPS) is 12.1. The molecule has 7 heteroatoms. The van der Waals surface area contributed by atoms with E-state index in [4.69, 9.17) is 0 Å². The summed E-state index contributed by atoms with van der Waals surface area (Å²) in [6, 6.07) is 14.7. The van der Waals surface area contributed by atoms with Gasteiger partial charge in [-0.15, -0.1) is 11.3 Å². The van der Waals surface area contributed by atoms with E-state index >= 15 is 0 Å². The molecule has 1 atom stereocenters. The fourth-order valence-corrected chi connectivity index (χ4v) is 3.97. The monoisotopic (exact) mass is 424 g/mol. The fraction of sp³-hybridized carbons (Fsp3) is 0.348. The van der Waals surface area contributed by atoms with Crippen LogP contribution in [0.5, 0.6) is 0 Å². The molecule has 0 aliphatic heterocycles. The first-order chi connectivity index (χ1) is 14.5. The van der Waals surface area contributed by atoms with Crippen molar-refractivity contribution in [3.8, 4) is 11.3 Å². The topological polar surface area (TPSA) is 67.2 Å². The van der Waals surface area contributed by atoms with E-state index in [9.17, 15) is 9.59 Å². The lowest BCUT2D eigenvalue weighted by Gasteiger charge is -2.17. The van der Waals surface area contributed by atoms with Crippen molar-refractivity contribution in [3.63, 3.8) is 0 Å². The maximum absolute atomic E-state index is 12.7. The van der Waals surface area contributed by atoms with Crippen LogP contribution >= 0.6 is 11.3 Å². The number of nitrogens with one attached hydrogen (secondary N) is 1. The van der Waals surface area contributed by atoms with Gasteiger partial charge in [-0.05, 0) is 50.2 Å². The van der Waals surface area contributed by atoms with Gasteiger partial charge in [0.05, 0.1) is 18.3 Å². The van der Waals surface area contributed by atoms with Crippen molar-refractivity contribution in [1.29, 1.82) is 0 Å². The zero-order valence-corrected chi connectivity index (χ0v) is 18.5. The van der Waals surface area contributed by atoms with E-state index in [-0.39, 0.29) is 17.5 Å². The van der Waals surface area contributed by atoms with Crippen LogP contribution in [0.2, 0.25) is 0 Å². The molecule has 1 aromatic carbocycles. The smallest absolute Gasteiger partial charge is 0.266 e. The molecule has 3 aromatic rings. The number of rotatable bonds is 9. The lowest BCUT2D eigenvalue weighted by Crippen LogP contribution is -2.28. The minimum atomic E-state index is -0.118. The Balaban J connectivity index is 1.73. The minimum absolute atomic E-state index is 0.0316. The molecule has 0 fully saturated rings. The first kappa shape index (κ1) is 21.9. The van der Waals surface area contributed by atoms with Crippen molar-refractivity contribution in [3.05, 3.63) is 74.7 Å². The Morgan fingerprint density at radius 2 is 1.93 bits per heavy atom. The average molecular weight is 425 g/mol. The molecule has 0 saturated carbocycles. The van der Waals surface area contributed by atoms with Crippen LogP contribution in [0.3, 0.4) is 0 Å². The van der Waals surface area contributed by atoms with Crippen LogP contribution in [0, 0.1) is 0 Å². The van der Waals surface area contributed by atoms with Crippen LogP contribution < -0.4 is 10.9 Å². The lowest BCUT2D eigenvalue weighted by molar-refractivity contribution is 0.0935. The molecule has 2 aromatic heterocycles. The molecular formula is C23H28N4O2S. The summed E-state index contributed by atoms with van der Waals surface area (Å²) >= 11 is 1.66. The Bertz CT molecular complexity index is 1010. The highest BCUT2D eigenvalue weighted by Gasteiger charge is 2.16. The van der Waals surface area contributed by atoms with E-state index in [1.807, 2.05) is 42.6 Å². The predicted octanol–water partition coefficient (Wildman–Crippen LogP) is 3.80. The number of hydrogen-bond donors (Lipinski definition) is 1. The van der Waals surface area contributed by atoms with Crippen LogP contribution in [0.1, 0.15) is 41.0 Å². The largest absolute Gasteiger partial charge is 0.344 e. The molecule has 1 amide bonds. The molecule has 6 nitrogen and oxygen atoms in total. The highest BCUT2D eigenvalue weighted by atomic mass is 32.1. The third-order valence-electron chi connectivity index (χ3n) is 4.84. The Hall–Kier alpha value is -2.77. The van der Waals surface area contributed by atoms with Gasteiger partial charge < -0.3 is 10.2 Å². The van der Waals surface area contributed by atoms with Gasteiger partial charge >= 0.3 is 0 Å². The van der Waals surface area contributed by atoms with Crippen molar-refractivity contribution in [2.75, 3.05) is 20.6 Å². The van der Waals surface area contributed by atoms with Gasteiger partial charge in [0, 0.05) is 28.6 Å². The van der Waals surface area contributed by atoms with Gasteiger partial charge in [-0.25, -0.2) is 4.68 Å². The number of benzene rings is 1. The van der Waals surface area contributed by atoms with E-state index < -0.39 is 0 Å². The van der Waals surface area contributed by atoms with Gasteiger partial charge in [-0.3, -0.25) is 9.59 Å². The van der Waals surface area contributed by atoms with E-state index in [2.05, 4.69) is 23.4 Å². The molecule has 0 bridgehead atoms. The zero-order chi connectivity index (χ0) is 21.5. The molecule has 1 unspecified atom stereocenters. The van der Waals surface area contributed by atoms with Crippen molar-refractivity contribution in [2.24, 2.45) is 0 Å². The van der Waals surface area contributed by atoms with Gasteiger partial charge in [-0.1, -0.05) is 31.5 Å². The summed E-state index contributed by atoms with van der Waals surface area (Å²) < 4.78 is 1.48. The molecule has 30 heavy (non-hydrogen) atoms. The van der Waals surface area contributed by atoms with Crippen molar-refractivity contribution < 1.29 is 4.79 Å². The molecule has 0 spiro atoms. The SMILES string of the molecule is CCCC(NC(=O)c1ccc(-c2ccc(=O)n(CCN(C)C)n2)cc1)c1cccs1. The van der Waals surface area contributed by atoms with Crippen molar-refractivity contribution in [1.82, 2.24) is 20.0 Å². The third kappa shape index (κ3) is 5.64. The van der Waals surface area contributed by atoms with Crippen LogP contribution in [-0.2, 0) is 6.54 Å². The average Bonchev–Trinajstić information content (AvgIpc) is 3.28. The molecular weight excluding hydrogens is 396 g/mol. The second-order valence-corrected chi connectivity index (χ2v) is 8.47. The summed E-state index contributed by atoms with van der Waals surface area (Å²) in [6.45, 7) is 3.38. The minimum Gasteiger partial charge on any atom is -0.344 e. The van der Waals surface area contributed by atoms with Gasteiger partial charge in [0.2, 0.25) is 0 Å². The number of amides is 1. The fourth-order valence-electron chi connectivity index (χ4n) is 3.16. The molecule has 2 heterocycles. The summed E-state index contributed by atoms with van der Waals surface area (Å²) in [5, 5.41) is 9.65. The standard InChI is InChI=1S/C23H28N4O2S/c1-4-6-20(21-7-5-16-30-21)24-23(29)18-10-8-17(9-11-18)19-12-13-22(28)27(25-19)15-14-26(2)3/h5,7-13,16,20H,4,6,14-15H2,1-3H3,(H,24,29). The molecule has 1 N–H and O–H groups in total. The van der Waals surface area contributed by atoms with E-state index in [0.29, 0.717) is 17.8 Å². The van der Waals surface area contributed by atoms with Gasteiger partial charge in [0.25, 0.3) is 11.5 Å². The van der Waals surface area contributed by atoms with Crippen molar-refractivity contribution in [2.45, 2.75) is 32.4 Å². The van der Waals surface area contributed by atoms with Crippen LogP contribution in [0.4, 0.5) is 0 Å². The van der Waals surface area contributed by atoms with Crippen molar-refractivity contribution >= 4 is 17.2 Å². The predicted molar refractivity (Wildman–Crippen MR) is 122 cm³/mol. The van der Waals surface area contributed by atoms with Gasteiger partial charge in [-0.2, -0.15) is 5.10 Å². The molecule has 0 aliphatic carbocycles. The zero-order valence-electron chi connectivity index (χ0n) is 17.7. The lowest BCUT2D eigenvalue weighted by atomic mass is 10.1. The highest BCUT2D eigenvalue weighted by molar-refractivity contribution is 7.10. The summed E-state index contributed by atoms with van der Waals surface area (Å²) in [7, 11) is 3.92. The maximum atomic E-state index is 12.7.